The molecule has 0 bridgehead atoms. The Labute approximate surface area is 284 Å². The van der Waals surface area contributed by atoms with Gasteiger partial charge in [0.25, 0.3) is 0 Å². The molecule has 1 aliphatic carbocycles. The summed E-state index contributed by atoms with van der Waals surface area (Å²) in [7, 11) is 2.14. The van der Waals surface area contributed by atoms with E-state index in [0.29, 0.717) is 5.92 Å². The van der Waals surface area contributed by atoms with Gasteiger partial charge in [-0.25, -0.2) is 0 Å². The van der Waals surface area contributed by atoms with Crippen molar-refractivity contribution in [3.8, 4) is 0 Å². The Hall–Kier alpha value is -5.86. The van der Waals surface area contributed by atoms with Crippen molar-refractivity contribution in [2.45, 2.75) is 6.42 Å². The van der Waals surface area contributed by atoms with Gasteiger partial charge in [-0.3, -0.25) is 0 Å². The third-order valence-electron chi connectivity index (χ3n) is 9.35. The Morgan fingerprint density at radius 1 is 0.667 bits per heavy atom. The van der Waals surface area contributed by atoms with Gasteiger partial charge in [0, 0.05) is 36.3 Å². The Morgan fingerprint density at radius 3 is 1.90 bits per heavy atom. The van der Waals surface area contributed by atoms with Crippen LogP contribution in [0.4, 0.5) is 22.7 Å². The van der Waals surface area contributed by atoms with Crippen LogP contribution in [0.25, 0.3) is 32.7 Å². The molecule has 0 saturated carbocycles. The van der Waals surface area contributed by atoms with Gasteiger partial charge in [0.1, 0.15) is 0 Å². The zero-order chi connectivity index (χ0) is 32.9. The van der Waals surface area contributed by atoms with Crippen LogP contribution in [0.5, 0.6) is 0 Å². The average molecular weight is 621 g/mol. The van der Waals surface area contributed by atoms with Crippen molar-refractivity contribution in [1.29, 1.82) is 0 Å². The Balaban J connectivity index is 1.15. The van der Waals surface area contributed by atoms with Gasteiger partial charge in [-0.05, 0) is 105 Å². The molecule has 6 aromatic rings. The Bertz CT molecular complexity index is 2180. The third kappa shape index (κ3) is 6.52. The van der Waals surface area contributed by atoms with E-state index >= 15 is 0 Å². The summed E-state index contributed by atoms with van der Waals surface area (Å²) in [6.07, 6.45) is 13.7. The molecule has 2 heteroatoms. The van der Waals surface area contributed by atoms with E-state index in [2.05, 4.69) is 182 Å². The second kappa shape index (κ2) is 13.9. The number of rotatable bonds is 10. The van der Waals surface area contributed by atoms with Crippen LogP contribution < -0.4 is 9.80 Å². The van der Waals surface area contributed by atoms with Gasteiger partial charge in [0.15, 0.2) is 0 Å². The predicted octanol–water partition coefficient (Wildman–Crippen LogP) is 12.3. The van der Waals surface area contributed by atoms with Gasteiger partial charge in [0.05, 0.1) is 0 Å². The lowest BCUT2D eigenvalue weighted by atomic mass is 9.91. The van der Waals surface area contributed by atoms with Crippen molar-refractivity contribution in [2.75, 3.05) is 23.4 Å². The minimum Gasteiger partial charge on any atom is -0.345 e. The molecule has 0 N–H and O–H groups in total. The number of allylic oxidation sites excluding steroid dienone is 7. The van der Waals surface area contributed by atoms with Crippen LogP contribution in [0.1, 0.15) is 17.5 Å². The first-order valence-corrected chi connectivity index (χ1v) is 16.6. The van der Waals surface area contributed by atoms with Crippen LogP contribution in [-0.4, -0.2) is 13.6 Å². The first-order valence-electron chi connectivity index (χ1n) is 16.6. The molecule has 6 aromatic carbocycles. The molecule has 7 rings (SSSR count). The summed E-state index contributed by atoms with van der Waals surface area (Å²) in [5, 5.41) is 5.00. The van der Waals surface area contributed by atoms with Gasteiger partial charge in [-0.15, -0.1) is 0 Å². The lowest BCUT2D eigenvalue weighted by Gasteiger charge is -2.30. The molecule has 2 nitrogen and oxygen atoms in total. The molecule has 0 fully saturated rings. The summed E-state index contributed by atoms with van der Waals surface area (Å²) >= 11 is 0. The van der Waals surface area contributed by atoms with Crippen LogP contribution in [-0.2, 0) is 0 Å². The highest BCUT2D eigenvalue weighted by molar-refractivity contribution is 5.88. The fourth-order valence-electron chi connectivity index (χ4n) is 6.66. The smallest absolute Gasteiger partial charge is 0.0417 e. The molecule has 0 aromatic heterocycles. The molecule has 234 valence electrons. The third-order valence-corrected chi connectivity index (χ3v) is 9.35. The molecule has 0 amide bonds. The first-order chi connectivity index (χ1) is 23.6. The zero-order valence-electron chi connectivity index (χ0n) is 27.5. The molecule has 0 spiro atoms. The van der Waals surface area contributed by atoms with Gasteiger partial charge in [0.2, 0.25) is 0 Å². The summed E-state index contributed by atoms with van der Waals surface area (Å²) < 4.78 is 0. The monoisotopic (exact) mass is 620 g/mol. The zero-order valence-corrected chi connectivity index (χ0v) is 27.5. The molecule has 0 heterocycles. The fourth-order valence-corrected chi connectivity index (χ4v) is 6.66. The molecule has 0 radical (unpaired) electrons. The van der Waals surface area contributed by atoms with Crippen molar-refractivity contribution in [1.82, 2.24) is 0 Å². The minimum atomic E-state index is 0.348. The lowest BCUT2D eigenvalue weighted by molar-refractivity contribution is 0.659. The minimum absolute atomic E-state index is 0.348. The van der Waals surface area contributed by atoms with E-state index in [9.17, 15) is 0 Å². The normalized spacial score (nSPS) is 14.5. The van der Waals surface area contributed by atoms with E-state index in [-0.39, 0.29) is 0 Å². The van der Waals surface area contributed by atoms with Crippen molar-refractivity contribution < 1.29 is 0 Å². The van der Waals surface area contributed by atoms with Crippen LogP contribution >= 0.6 is 0 Å². The summed E-state index contributed by atoms with van der Waals surface area (Å²) in [6.45, 7) is 8.73. The number of benzene rings is 6. The van der Waals surface area contributed by atoms with Crippen molar-refractivity contribution in [2.24, 2.45) is 5.92 Å². The maximum absolute atomic E-state index is 3.99. The molecule has 1 unspecified atom stereocenters. The molecule has 1 aliphatic rings. The number of fused-ring (bicyclic) bond motifs is 2. The topological polar surface area (TPSA) is 6.48 Å². The Morgan fingerprint density at radius 2 is 1.25 bits per heavy atom. The van der Waals surface area contributed by atoms with Crippen LogP contribution in [0.15, 0.2) is 183 Å². The standard InChI is InChI=1S/C46H40N2/c1-4-11-35(5-2)38-20-26-44(27-21-38)48(46-29-23-37-14-7-9-16-42(37)32-46)33-34-12-10-17-40(30-34)39-18-24-43(25-19-39)47(3)45-28-22-36-13-6-8-15-41(36)31-45/h4-11,13-32,34H,1-2,12,33H2,3H3/b35-11+. The molecule has 0 aliphatic heterocycles. The molecular weight excluding hydrogens is 581 g/mol. The highest BCUT2D eigenvalue weighted by atomic mass is 15.1. The molecular formula is C46H40N2. The lowest BCUT2D eigenvalue weighted by Crippen LogP contribution is -2.25. The second-order valence-electron chi connectivity index (χ2n) is 12.4. The number of hydrogen-bond donors (Lipinski definition) is 0. The summed E-state index contributed by atoms with van der Waals surface area (Å²) in [5.41, 5.74) is 9.40. The summed E-state index contributed by atoms with van der Waals surface area (Å²) in [6, 6.07) is 48.3. The number of anilines is 4. The van der Waals surface area contributed by atoms with Crippen molar-refractivity contribution >= 4 is 55.4 Å². The molecule has 48 heavy (non-hydrogen) atoms. The van der Waals surface area contributed by atoms with E-state index in [1.807, 2.05) is 18.2 Å². The number of hydrogen-bond acceptors (Lipinski definition) is 2. The highest BCUT2D eigenvalue weighted by Gasteiger charge is 2.18. The van der Waals surface area contributed by atoms with Gasteiger partial charge in [-0.1, -0.05) is 135 Å². The number of nitrogens with zero attached hydrogens (tertiary/aromatic N) is 2. The second-order valence-corrected chi connectivity index (χ2v) is 12.4. The largest absolute Gasteiger partial charge is 0.345 e. The molecule has 1 atom stereocenters. The van der Waals surface area contributed by atoms with Crippen LogP contribution in [0.3, 0.4) is 0 Å². The summed E-state index contributed by atoms with van der Waals surface area (Å²) in [5.74, 6) is 0.348. The van der Waals surface area contributed by atoms with E-state index in [1.165, 1.54) is 55.4 Å². The van der Waals surface area contributed by atoms with Gasteiger partial charge < -0.3 is 9.80 Å². The first kappa shape index (κ1) is 30.8. The average Bonchev–Trinajstić information content (AvgIpc) is 3.15. The maximum atomic E-state index is 3.99. The van der Waals surface area contributed by atoms with Crippen molar-refractivity contribution in [3.63, 3.8) is 0 Å². The van der Waals surface area contributed by atoms with Crippen LogP contribution in [0, 0.1) is 5.92 Å². The van der Waals surface area contributed by atoms with Gasteiger partial charge in [-0.2, -0.15) is 0 Å². The van der Waals surface area contributed by atoms with Crippen LogP contribution in [0.2, 0.25) is 0 Å². The van der Waals surface area contributed by atoms with E-state index < -0.39 is 0 Å². The van der Waals surface area contributed by atoms with Crippen molar-refractivity contribution in [3.05, 3.63) is 194 Å². The SMILES string of the molecule is C=C/C=C(\C=C)c1ccc(N(CC2C=C(c3ccc(N(C)c4ccc5ccccc5c4)cc3)C=CC2)c2ccc3ccccc3c2)cc1. The van der Waals surface area contributed by atoms with E-state index in [0.717, 1.165) is 24.1 Å². The molecule has 0 saturated heterocycles. The van der Waals surface area contributed by atoms with Gasteiger partial charge >= 0.3 is 0 Å². The predicted molar refractivity (Wildman–Crippen MR) is 209 cm³/mol. The Kier molecular flexibility index (Phi) is 8.89. The van der Waals surface area contributed by atoms with E-state index in [4.69, 9.17) is 0 Å². The quantitative estimate of drug-likeness (QED) is 0.141. The maximum Gasteiger partial charge on any atom is 0.0417 e. The highest BCUT2D eigenvalue weighted by Crippen LogP contribution is 2.35. The summed E-state index contributed by atoms with van der Waals surface area (Å²) in [4.78, 5) is 4.71. The van der Waals surface area contributed by atoms with E-state index in [1.54, 1.807) is 0 Å². The fraction of sp³-hybridized carbons (Fsp3) is 0.0870.